The number of amides is 1. The zero-order valence-corrected chi connectivity index (χ0v) is 13.7. The average molecular weight is 335 g/mol. The number of thiophene rings is 1. The molecule has 1 aromatic carbocycles. The molecule has 114 valence electrons. The summed E-state index contributed by atoms with van der Waals surface area (Å²) < 4.78 is 6.20. The van der Waals surface area contributed by atoms with Gasteiger partial charge in [-0.1, -0.05) is 18.2 Å². The molecule has 2 aromatic heterocycles. The Morgan fingerprint density at radius 3 is 2.86 bits per heavy atom. The summed E-state index contributed by atoms with van der Waals surface area (Å²) in [7, 11) is 0. The van der Waals surface area contributed by atoms with Crippen LogP contribution >= 0.6 is 22.9 Å². The van der Waals surface area contributed by atoms with E-state index in [1.807, 2.05) is 12.1 Å². The van der Waals surface area contributed by atoms with Crippen LogP contribution in [0, 0.1) is 6.92 Å². The maximum Gasteiger partial charge on any atom is 0.238 e. The van der Waals surface area contributed by atoms with Gasteiger partial charge in [-0.3, -0.25) is 4.79 Å². The van der Waals surface area contributed by atoms with Crippen LogP contribution in [0.4, 0.5) is 0 Å². The lowest BCUT2D eigenvalue weighted by molar-refractivity contribution is -0.129. The minimum atomic E-state index is -0.110. The molecule has 0 unspecified atom stereocenters. The first kappa shape index (κ1) is 15.1. The van der Waals surface area contributed by atoms with Gasteiger partial charge in [0.1, 0.15) is 12.1 Å². The van der Waals surface area contributed by atoms with Crippen molar-refractivity contribution in [2.45, 2.75) is 20.0 Å². The number of carbonyl (C=O) groups excluding carboxylic acids is 1. The summed E-state index contributed by atoms with van der Waals surface area (Å²) >= 11 is 7.45. The van der Waals surface area contributed by atoms with Crippen LogP contribution in [0.1, 0.15) is 16.1 Å². The van der Waals surface area contributed by atoms with Crippen LogP contribution in [-0.2, 0) is 17.9 Å². The molecule has 0 aliphatic rings. The topological polar surface area (TPSA) is 46.3 Å². The third-order valence-electron chi connectivity index (χ3n) is 3.58. The summed E-state index contributed by atoms with van der Waals surface area (Å²) in [4.78, 5) is 19.1. The minimum Gasteiger partial charge on any atom is -0.451 e. The van der Waals surface area contributed by atoms with Crippen molar-refractivity contribution >= 4 is 38.9 Å². The summed E-state index contributed by atoms with van der Waals surface area (Å²) in [5.41, 5.74) is 1.94. The fourth-order valence-electron chi connectivity index (χ4n) is 2.38. The molecule has 0 radical (unpaired) electrons. The van der Waals surface area contributed by atoms with Crippen molar-refractivity contribution in [1.82, 2.24) is 9.88 Å². The Morgan fingerprint density at radius 2 is 2.18 bits per heavy atom. The van der Waals surface area contributed by atoms with Gasteiger partial charge in [-0.2, -0.15) is 0 Å². The van der Waals surface area contributed by atoms with Gasteiger partial charge in [-0.05, 0) is 23.9 Å². The van der Waals surface area contributed by atoms with E-state index in [-0.39, 0.29) is 11.8 Å². The van der Waals surface area contributed by atoms with Gasteiger partial charge in [-0.25, -0.2) is 4.98 Å². The van der Waals surface area contributed by atoms with Crippen molar-refractivity contribution in [2.75, 3.05) is 5.88 Å². The Kier molecular flexibility index (Phi) is 4.45. The van der Waals surface area contributed by atoms with E-state index < -0.39 is 0 Å². The molecule has 1 amide bonds. The number of oxazole rings is 1. The zero-order chi connectivity index (χ0) is 15.5. The molecule has 0 aliphatic carbocycles. The number of hydrogen-bond donors (Lipinski definition) is 0. The van der Waals surface area contributed by atoms with Crippen LogP contribution < -0.4 is 0 Å². The molecule has 0 spiro atoms. The molecule has 2 heterocycles. The SMILES string of the molecule is Cc1c(CN(Cc2cocn2)C(=O)CCl)sc2ccccc12. The lowest BCUT2D eigenvalue weighted by Crippen LogP contribution is -2.31. The lowest BCUT2D eigenvalue weighted by Gasteiger charge is -2.20. The van der Waals surface area contributed by atoms with E-state index in [4.69, 9.17) is 16.0 Å². The monoisotopic (exact) mass is 334 g/mol. The molecule has 22 heavy (non-hydrogen) atoms. The number of rotatable bonds is 5. The average Bonchev–Trinajstić information content (AvgIpc) is 3.15. The van der Waals surface area contributed by atoms with Crippen molar-refractivity contribution in [2.24, 2.45) is 0 Å². The summed E-state index contributed by atoms with van der Waals surface area (Å²) in [6.07, 6.45) is 2.91. The molecule has 0 saturated heterocycles. The van der Waals surface area contributed by atoms with E-state index in [1.165, 1.54) is 26.9 Å². The van der Waals surface area contributed by atoms with Gasteiger partial charge >= 0.3 is 0 Å². The molecule has 0 atom stereocenters. The quantitative estimate of drug-likeness (QED) is 0.663. The minimum absolute atomic E-state index is 0.0399. The van der Waals surface area contributed by atoms with Gasteiger partial charge in [0, 0.05) is 9.58 Å². The lowest BCUT2D eigenvalue weighted by atomic mass is 10.1. The molecule has 0 bridgehead atoms. The predicted molar refractivity (Wildman–Crippen MR) is 88.0 cm³/mol. The Labute approximate surface area is 137 Å². The molecule has 0 aliphatic heterocycles. The number of halogens is 1. The van der Waals surface area contributed by atoms with Gasteiger partial charge in [0.15, 0.2) is 6.39 Å². The van der Waals surface area contributed by atoms with Crippen molar-refractivity contribution < 1.29 is 9.21 Å². The molecular weight excluding hydrogens is 320 g/mol. The van der Waals surface area contributed by atoms with Gasteiger partial charge in [0.25, 0.3) is 0 Å². The van der Waals surface area contributed by atoms with E-state index in [0.29, 0.717) is 13.1 Å². The van der Waals surface area contributed by atoms with Crippen LogP contribution in [-0.4, -0.2) is 21.7 Å². The summed E-state index contributed by atoms with van der Waals surface area (Å²) in [5, 5.41) is 1.24. The highest BCUT2D eigenvalue weighted by Crippen LogP contribution is 2.31. The molecule has 3 aromatic rings. The first-order valence-electron chi connectivity index (χ1n) is 6.87. The fraction of sp³-hybridized carbons (Fsp3) is 0.250. The molecule has 3 rings (SSSR count). The second kappa shape index (κ2) is 6.50. The number of carbonyl (C=O) groups is 1. The Bertz CT molecular complexity index is 783. The Balaban J connectivity index is 1.88. The highest BCUT2D eigenvalue weighted by atomic mass is 35.5. The van der Waals surface area contributed by atoms with E-state index in [0.717, 1.165) is 5.69 Å². The first-order chi connectivity index (χ1) is 10.7. The van der Waals surface area contributed by atoms with Gasteiger partial charge in [-0.15, -0.1) is 22.9 Å². The van der Waals surface area contributed by atoms with E-state index in [1.54, 1.807) is 22.5 Å². The summed E-state index contributed by atoms with van der Waals surface area (Å²) in [6.45, 7) is 3.02. The van der Waals surface area contributed by atoms with Gasteiger partial charge in [0.05, 0.1) is 18.8 Å². The predicted octanol–water partition coefficient (Wildman–Crippen LogP) is 3.97. The van der Waals surface area contributed by atoms with Crippen molar-refractivity contribution in [3.8, 4) is 0 Å². The van der Waals surface area contributed by atoms with Crippen molar-refractivity contribution in [3.63, 3.8) is 0 Å². The van der Waals surface area contributed by atoms with Crippen LogP contribution in [0.5, 0.6) is 0 Å². The smallest absolute Gasteiger partial charge is 0.238 e. The van der Waals surface area contributed by atoms with Gasteiger partial charge in [0.2, 0.25) is 5.91 Å². The standard InChI is InChI=1S/C16H15ClN2O2S/c1-11-13-4-2-3-5-14(13)22-15(11)8-19(16(20)6-17)7-12-9-21-10-18-12/h2-5,9-10H,6-8H2,1H3. The normalized spacial score (nSPS) is 11.0. The number of fused-ring (bicyclic) bond motifs is 1. The number of alkyl halides is 1. The Morgan fingerprint density at radius 1 is 1.36 bits per heavy atom. The van der Waals surface area contributed by atoms with E-state index in [9.17, 15) is 4.79 Å². The highest BCUT2D eigenvalue weighted by molar-refractivity contribution is 7.19. The second-order valence-corrected chi connectivity index (χ2v) is 6.41. The molecule has 6 heteroatoms. The van der Waals surface area contributed by atoms with Gasteiger partial charge < -0.3 is 9.32 Å². The number of benzene rings is 1. The summed E-state index contributed by atoms with van der Waals surface area (Å²) in [5.74, 6) is -0.150. The summed E-state index contributed by atoms with van der Waals surface area (Å²) in [6, 6.07) is 8.26. The number of nitrogens with zero attached hydrogens (tertiary/aromatic N) is 2. The van der Waals surface area contributed by atoms with Crippen molar-refractivity contribution in [1.29, 1.82) is 0 Å². The number of aryl methyl sites for hydroxylation is 1. The maximum atomic E-state index is 12.1. The van der Waals surface area contributed by atoms with Crippen LogP contribution in [0.15, 0.2) is 41.3 Å². The second-order valence-electron chi connectivity index (χ2n) is 5.01. The highest BCUT2D eigenvalue weighted by Gasteiger charge is 2.18. The van der Waals surface area contributed by atoms with E-state index >= 15 is 0 Å². The van der Waals surface area contributed by atoms with Crippen molar-refractivity contribution in [3.05, 3.63) is 53.1 Å². The number of hydrogen-bond acceptors (Lipinski definition) is 4. The molecule has 0 saturated carbocycles. The van der Waals surface area contributed by atoms with Crippen LogP contribution in [0.2, 0.25) is 0 Å². The largest absolute Gasteiger partial charge is 0.451 e. The zero-order valence-electron chi connectivity index (χ0n) is 12.1. The molecule has 0 N–H and O–H groups in total. The molecule has 0 fully saturated rings. The first-order valence-corrected chi connectivity index (χ1v) is 8.22. The van der Waals surface area contributed by atoms with Crippen LogP contribution in [0.3, 0.4) is 0 Å². The third kappa shape index (κ3) is 3.00. The van der Waals surface area contributed by atoms with Crippen LogP contribution in [0.25, 0.3) is 10.1 Å². The fourth-order valence-corrected chi connectivity index (χ4v) is 3.77. The Hall–Kier alpha value is -1.85. The number of aromatic nitrogens is 1. The van der Waals surface area contributed by atoms with E-state index in [2.05, 4.69) is 24.0 Å². The molecule has 4 nitrogen and oxygen atoms in total. The molecular formula is C16H15ClN2O2S. The maximum absolute atomic E-state index is 12.1. The third-order valence-corrected chi connectivity index (χ3v) is 5.07.